The zero-order valence-electron chi connectivity index (χ0n) is 17.3. The molecular formula is C22H22N4O4S2. The third-order valence-electron chi connectivity index (χ3n) is 5.78. The van der Waals surface area contributed by atoms with Crippen LogP contribution in [0.4, 0.5) is 5.69 Å². The van der Waals surface area contributed by atoms with Crippen LogP contribution in [-0.4, -0.2) is 40.3 Å². The summed E-state index contributed by atoms with van der Waals surface area (Å²) in [6, 6.07) is 14.4. The first-order chi connectivity index (χ1) is 15.4. The van der Waals surface area contributed by atoms with Crippen LogP contribution >= 0.6 is 11.8 Å². The Labute approximate surface area is 190 Å². The third-order valence-corrected chi connectivity index (χ3v) is 8.72. The zero-order valence-corrected chi connectivity index (χ0v) is 18.9. The van der Waals surface area contributed by atoms with Crippen molar-refractivity contribution in [3.05, 3.63) is 64.8 Å². The summed E-state index contributed by atoms with van der Waals surface area (Å²) in [5, 5.41) is 12.5. The van der Waals surface area contributed by atoms with Gasteiger partial charge in [-0.2, -0.15) is 4.31 Å². The molecule has 0 spiro atoms. The molecule has 0 atom stereocenters. The summed E-state index contributed by atoms with van der Waals surface area (Å²) in [7, 11) is -3.73. The van der Waals surface area contributed by atoms with E-state index in [4.69, 9.17) is 0 Å². The van der Waals surface area contributed by atoms with Gasteiger partial charge in [-0.05, 0) is 55.1 Å². The quantitative estimate of drug-likeness (QED) is 0.366. The van der Waals surface area contributed by atoms with Gasteiger partial charge in [0.25, 0.3) is 5.69 Å². The van der Waals surface area contributed by atoms with Gasteiger partial charge in [0.2, 0.25) is 10.0 Å². The Balaban J connectivity index is 1.51. The van der Waals surface area contributed by atoms with Crippen LogP contribution in [0.2, 0.25) is 0 Å². The predicted octanol–water partition coefficient (Wildman–Crippen LogP) is 4.73. The number of nitro groups is 1. The lowest BCUT2D eigenvalue weighted by Crippen LogP contribution is -2.27. The first-order valence-electron chi connectivity index (χ1n) is 10.5. The predicted molar refractivity (Wildman–Crippen MR) is 121 cm³/mol. The lowest BCUT2D eigenvalue weighted by atomic mass is 10.2. The van der Waals surface area contributed by atoms with Gasteiger partial charge in [-0.25, -0.2) is 13.4 Å². The molecule has 2 aliphatic rings. The van der Waals surface area contributed by atoms with E-state index in [2.05, 4.69) is 9.55 Å². The van der Waals surface area contributed by atoms with E-state index in [9.17, 15) is 18.5 Å². The Bertz CT molecular complexity index is 1260. The molecule has 0 bridgehead atoms. The summed E-state index contributed by atoms with van der Waals surface area (Å²) in [6.07, 6.45) is 5.50. The van der Waals surface area contributed by atoms with E-state index >= 15 is 0 Å². The smallest absolute Gasteiger partial charge is 0.284 e. The van der Waals surface area contributed by atoms with Gasteiger partial charge in [-0.15, -0.1) is 0 Å². The number of hydrogen-bond donors (Lipinski definition) is 0. The van der Waals surface area contributed by atoms with E-state index in [1.165, 1.54) is 34.3 Å². The minimum absolute atomic E-state index is 0.0361. The van der Waals surface area contributed by atoms with Crippen LogP contribution in [0.5, 0.6) is 0 Å². The van der Waals surface area contributed by atoms with Crippen LogP contribution in [0.3, 0.4) is 0 Å². The van der Waals surface area contributed by atoms with Crippen molar-refractivity contribution in [1.29, 1.82) is 0 Å². The molecule has 166 valence electrons. The molecule has 10 heteroatoms. The molecule has 0 amide bonds. The van der Waals surface area contributed by atoms with Gasteiger partial charge < -0.3 is 4.57 Å². The number of rotatable bonds is 7. The zero-order chi connectivity index (χ0) is 22.3. The maximum absolute atomic E-state index is 12.9. The van der Waals surface area contributed by atoms with E-state index in [-0.39, 0.29) is 10.6 Å². The summed E-state index contributed by atoms with van der Waals surface area (Å²) in [6.45, 7) is 0.904. The van der Waals surface area contributed by atoms with Crippen LogP contribution < -0.4 is 0 Å². The Hall–Kier alpha value is -2.69. The van der Waals surface area contributed by atoms with E-state index in [1.807, 2.05) is 30.3 Å². The molecule has 5 rings (SSSR count). The van der Waals surface area contributed by atoms with Crippen molar-refractivity contribution in [2.45, 2.75) is 46.7 Å². The van der Waals surface area contributed by atoms with E-state index in [0.717, 1.165) is 36.9 Å². The number of nitrogens with zero attached hydrogens (tertiary/aromatic N) is 4. The number of aromatic nitrogens is 2. The average molecular weight is 471 g/mol. The molecule has 0 unspecified atom stereocenters. The minimum Gasteiger partial charge on any atom is -0.316 e. The Kier molecular flexibility index (Phi) is 5.52. The van der Waals surface area contributed by atoms with Crippen molar-refractivity contribution in [3.63, 3.8) is 0 Å². The molecule has 1 aromatic heterocycles. The molecule has 8 nitrogen and oxygen atoms in total. The molecule has 2 fully saturated rings. The van der Waals surface area contributed by atoms with Gasteiger partial charge >= 0.3 is 0 Å². The Morgan fingerprint density at radius 2 is 1.78 bits per heavy atom. The lowest BCUT2D eigenvalue weighted by Gasteiger charge is -2.16. The summed E-state index contributed by atoms with van der Waals surface area (Å²) >= 11 is 1.21. The highest BCUT2D eigenvalue weighted by atomic mass is 32.2. The molecule has 1 aliphatic heterocycles. The molecule has 2 heterocycles. The van der Waals surface area contributed by atoms with Crippen LogP contribution in [-0.2, 0) is 10.0 Å². The van der Waals surface area contributed by atoms with Gasteiger partial charge in [0.05, 0.1) is 26.6 Å². The van der Waals surface area contributed by atoms with E-state index < -0.39 is 14.9 Å². The molecule has 0 N–H and O–H groups in total. The van der Waals surface area contributed by atoms with Crippen LogP contribution in [0.25, 0.3) is 11.3 Å². The van der Waals surface area contributed by atoms with Crippen molar-refractivity contribution >= 4 is 27.5 Å². The minimum atomic E-state index is -3.73. The Morgan fingerprint density at radius 1 is 1.06 bits per heavy atom. The normalized spacial score (nSPS) is 17.0. The van der Waals surface area contributed by atoms with Gasteiger partial charge in [0.15, 0.2) is 5.16 Å². The first-order valence-corrected chi connectivity index (χ1v) is 12.8. The maximum atomic E-state index is 12.9. The fourth-order valence-electron chi connectivity index (χ4n) is 3.99. The summed E-state index contributed by atoms with van der Waals surface area (Å²) in [4.78, 5) is 16.2. The molecule has 3 aromatic rings. The van der Waals surface area contributed by atoms with E-state index in [1.54, 1.807) is 6.20 Å². The number of benzene rings is 2. The van der Waals surface area contributed by atoms with Crippen molar-refractivity contribution in [2.24, 2.45) is 0 Å². The number of imidazole rings is 1. The maximum Gasteiger partial charge on any atom is 0.284 e. The molecule has 1 aliphatic carbocycles. The second-order valence-electron chi connectivity index (χ2n) is 7.99. The molecule has 2 aromatic carbocycles. The molecule has 0 radical (unpaired) electrons. The Morgan fingerprint density at radius 3 is 2.44 bits per heavy atom. The lowest BCUT2D eigenvalue weighted by molar-refractivity contribution is -0.388. The van der Waals surface area contributed by atoms with E-state index in [0.29, 0.717) is 29.2 Å². The van der Waals surface area contributed by atoms with Crippen LogP contribution in [0.1, 0.15) is 31.7 Å². The van der Waals surface area contributed by atoms with Gasteiger partial charge in [-0.3, -0.25) is 10.1 Å². The van der Waals surface area contributed by atoms with Crippen molar-refractivity contribution in [3.8, 4) is 11.3 Å². The fourth-order valence-corrected chi connectivity index (χ4v) is 6.55. The van der Waals surface area contributed by atoms with Crippen molar-refractivity contribution < 1.29 is 13.3 Å². The highest BCUT2D eigenvalue weighted by molar-refractivity contribution is 7.99. The topological polar surface area (TPSA) is 98.3 Å². The van der Waals surface area contributed by atoms with Gasteiger partial charge in [0.1, 0.15) is 0 Å². The first kappa shape index (κ1) is 21.2. The second kappa shape index (κ2) is 8.34. The highest BCUT2D eigenvalue weighted by Gasteiger charge is 2.32. The van der Waals surface area contributed by atoms with Gasteiger partial charge in [0, 0.05) is 25.2 Å². The largest absolute Gasteiger partial charge is 0.316 e. The molecular weight excluding hydrogens is 448 g/mol. The third kappa shape index (κ3) is 3.94. The van der Waals surface area contributed by atoms with Gasteiger partial charge in [-0.1, -0.05) is 30.3 Å². The monoisotopic (exact) mass is 470 g/mol. The number of nitro benzene ring substituents is 1. The fraction of sp³-hybridized carbons (Fsp3) is 0.318. The van der Waals surface area contributed by atoms with Crippen molar-refractivity contribution in [2.75, 3.05) is 13.1 Å². The number of sulfonamides is 1. The average Bonchev–Trinajstić information content (AvgIpc) is 3.30. The SMILES string of the molecule is O=[N+]([O-])c1cc(S(=O)(=O)N2CCCC2)ccc1Sc1ncc(-c2ccccc2)n1C1CC1. The summed E-state index contributed by atoms with van der Waals surface area (Å²) in [5.41, 5.74) is 1.80. The highest BCUT2D eigenvalue weighted by Crippen LogP contribution is 2.44. The standard InChI is InChI=1S/C22H22N4O4S2/c27-26(28)19-14-18(32(29,30)24-12-4-5-13-24)10-11-21(19)31-22-23-15-20(25(22)17-8-9-17)16-6-2-1-3-7-16/h1-3,6-7,10-11,14-15,17H,4-5,8-9,12-13H2. The summed E-state index contributed by atoms with van der Waals surface area (Å²) < 4.78 is 29.3. The number of hydrogen-bond acceptors (Lipinski definition) is 6. The molecule has 1 saturated heterocycles. The summed E-state index contributed by atoms with van der Waals surface area (Å²) in [5.74, 6) is 0. The van der Waals surface area contributed by atoms with Crippen molar-refractivity contribution in [1.82, 2.24) is 13.9 Å². The van der Waals surface area contributed by atoms with Crippen LogP contribution in [0.15, 0.2) is 69.7 Å². The molecule has 32 heavy (non-hydrogen) atoms. The molecule has 1 saturated carbocycles. The van der Waals surface area contributed by atoms with Crippen LogP contribution in [0, 0.1) is 10.1 Å². The second-order valence-corrected chi connectivity index (χ2v) is 10.9.